The highest BCUT2D eigenvalue weighted by Gasteiger charge is 2.44. The van der Waals surface area contributed by atoms with Gasteiger partial charge in [-0.1, -0.05) is 12.1 Å². The van der Waals surface area contributed by atoms with Crippen LogP contribution in [0, 0.1) is 22.5 Å². The molecular weight excluding hydrogens is 547 g/mol. The number of hydrogen-bond acceptors (Lipinski definition) is 7. The van der Waals surface area contributed by atoms with Crippen molar-refractivity contribution in [1.82, 2.24) is 9.21 Å². The molecule has 1 saturated heterocycles. The molecule has 0 atom stereocenters. The van der Waals surface area contributed by atoms with E-state index in [0.717, 1.165) is 31.2 Å². The number of anilines is 2. The number of hydrogen-bond donors (Lipinski definition) is 3. The molecule has 9 nitrogen and oxygen atoms in total. The summed E-state index contributed by atoms with van der Waals surface area (Å²) in [6.07, 6.45) is 2.65. The van der Waals surface area contributed by atoms with Crippen molar-refractivity contribution >= 4 is 33.5 Å². The number of nitrogens with zero attached hydrogens (tertiary/aromatic N) is 2. The number of rotatable bonds is 12. The first-order valence-electron chi connectivity index (χ1n) is 12.8. The van der Waals surface area contributed by atoms with Crippen LogP contribution in [-0.4, -0.2) is 69.2 Å². The van der Waals surface area contributed by atoms with E-state index in [1.807, 2.05) is 0 Å². The van der Waals surface area contributed by atoms with E-state index in [1.54, 1.807) is 29.2 Å². The van der Waals surface area contributed by atoms with E-state index in [9.17, 15) is 26.4 Å². The number of piperazine rings is 1. The number of carbonyl (C=O) groups excluding carboxylic acids is 1. The van der Waals surface area contributed by atoms with E-state index in [1.165, 1.54) is 4.31 Å². The van der Waals surface area contributed by atoms with E-state index < -0.39 is 39.7 Å². The van der Waals surface area contributed by atoms with Gasteiger partial charge in [0.2, 0.25) is 15.8 Å². The Hall–Kier alpha value is -3.58. The van der Waals surface area contributed by atoms with Crippen LogP contribution < -0.4 is 11.1 Å². The van der Waals surface area contributed by atoms with E-state index in [0.29, 0.717) is 17.3 Å². The van der Waals surface area contributed by atoms with Crippen LogP contribution in [0.1, 0.15) is 24.8 Å². The molecule has 0 unspecified atom stereocenters. The van der Waals surface area contributed by atoms with Crippen molar-refractivity contribution in [1.29, 1.82) is 5.41 Å². The van der Waals surface area contributed by atoms with Crippen molar-refractivity contribution in [2.75, 3.05) is 50.5 Å². The lowest BCUT2D eigenvalue weighted by molar-refractivity contribution is -0.116. The Balaban J connectivity index is 1.52. The summed E-state index contributed by atoms with van der Waals surface area (Å²) in [5, 5.41) is 10.4. The number of carbonyl (C=O) groups is 1. The van der Waals surface area contributed by atoms with E-state index in [2.05, 4.69) is 5.32 Å². The van der Waals surface area contributed by atoms with Crippen LogP contribution in [-0.2, 0) is 25.3 Å². The molecule has 2 aromatic rings. The summed E-state index contributed by atoms with van der Waals surface area (Å²) in [4.78, 5) is 14.9. The molecule has 1 amide bonds. The topological polar surface area (TPSA) is 129 Å². The van der Waals surface area contributed by atoms with Crippen LogP contribution in [0.5, 0.6) is 0 Å². The number of ether oxygens (including phenoxy) is 1. The molecule has 2 aromatic carbocycles. The molecule has 2 fully saturated rings. The maximum absolute atomic E-state index is 13.7. The van der Waals surface area contributed by atoms with Gasteiger partial charge in [-0.05, 0) is 49.1 Å². The first-order chi connectivity index (χ1) is 19.0. The molecule has 216 valence electrons. The number of nitrogens with one attached hydrogen (secondary N) is 2. The Labute approximate surface area is 231 Å². The van der Waals surface area contributed by atoms with E-state index >= 15 is 0 Å². The minimum absolute atomic E-state index is 0.0322. The van der Waals surface area contributed by atoms with Crippen LogP contribution >= 0.6 is 0 Å². The molecular formula is C27H32F3N5O4S. The molecule has 1 aliphatic carbocycles. The van der Waals surface area contributed by atoms with Crippen molar-refractivity contribution in [3.63, 3.8) is 0 Å². The van der Waals surface area contributed by atoms with Crippen molar-refractivity contribution in [3.05, 3.63) is 71.1 Å². The van der Waals surface area contributed by atoms with Gasteiger partial charge >= 0.3 is 0 Å². The van der Waals surface area contributed by atoms with Gasteiger partial charge in [0.05, 0.1) is 19.0 Å². The molecule has 1 heterocycles. The largest absolute Gasteiger partial charge is 0.486 e. The number of nitrogens with two attached hydrogens (primary N) is 1. The molecule has 2 aliphatic rings. The minimum atomic E-state index is -3.64. The quantitative estimate of drug-likeness (QED) is 0.152. The standard InChI is InChI=1S/C27H32F3N5O4S/c28-8-7-27(5-6-27)18-39-25(26(36)33-23-14-20(29)13-21(30)15-23)24(16-31)34-9-11-35(12-10-34)40(37,38)17-19-1-3-22(32)4-2-19/h1-4,13-16,31H,5-12,17-18,32H2,(H,33,36). The van der Waals surface area contributed by atoms with Gasteiger partial charge in [0, 0.05) is 55.2 Å². The zero-order chi connectivity index (χ0) is 28.9. The van der Waals surface area contributed by atoms with Gasteiger partial charge in [0.15, 0.2) is 0 Å². The second-order valence-corrected chi connectivity index (χ2v) is 12.1. The van der Waals surface area contributed by atoms with Crippen LogP contribution in [0.2, 0.25) is 0 Å². The first-order valence-corrected chi connectivity index (χ1v) is 14.4. The normalized spacial score (nSPS) is 17.6. The lowest BCUT2D eigenvalue weighted by Crippen LogP contribution is -2.49. The highest BCUT2D eigenvalue weighted by molar-refractivity contribution is 7.88. The van der Waals surface area contributed by atoms with Crippen molar-refractivity contribution < 1.29 is 31.1 Å². The monoisotopic (exact) mass is 579 g/mol. The summed E-state index contributed by atoms with van der Waals surface area (Å²) in [6, 6.07) is 9.13. The Morgan fingerprint density at radius 2 is 1.70 bits per heavy atom. The molecule has 0 bridgehead atoms. The highest BCUT2D eigenvalue weighted by atomic mass is 32.2. The van der Waals surface area contributed by atoms with Gasteiger partial charge in [0.1, 0.15) is 17.3 Å². The van der Waals surface area contributed by atoms with Crippen LogP contribution in [0.4, 0.5) is 24.5 Å². The third-order valence-corrected chi connectivity index (χ3v) is 8.95. The zero-order valence-electron chi connectivity index (χ0n) is 21.8. The third kappa shape index (κ3) is 7.33. The summed E-state index contributed by atoms with van der Waals surface area (Å²) in [5.41, 5.74) is 6.34. The number of sulfonamides is 1. The van der Waals surface area contributed by atoms with Gasteiger partial charge in [0.25, 0.3) is 5.91 Å². The summed E-state index contributed by atoms with van der Waals surface area (Å²) < 4.78 is 73.7. The number of amides is 1. The van der Waals surface area contributed by atoms with Crippen molar-refractivity contribution in [3.8, 4) is 0 Å². The molecule has 13 heteroatoms. The Kier molecular flexibility index (Phi) is 9.04. The second-order valence-electron chi connectivity index (χ2n) is 10.1. The van der Waals surface area contributed by atoms with Crippen molar-refractivity contribution in [2.24, 2.45) is 5.41 Å². The fraction of sp³-hybridized carbons (Fsp3) is 0.407. The average molecular weight is 580 g/mol. The van der Waals surface area contributed by atoms with Crippen LogP contribution in [0.3, 0.4) is 0 Å². The Morgan fingerprint density at radius 3 is 2.25 bits per heavy atom. The lowest BCUT2D eigenvalue weighted by atomic mass is 10.1. The number of allylic oxidation sites excluding steroid dienone is 1. The molecule has 40 heavy (non-hydrogen) atoms. The molecule has 0 aromatic heterocycles. The van der Waals surface area contributed by atoms with Gasteiger partial charge < -0.3 is 26.1 Å². The highest BCUT2D eigenvalue weighted by Crippen LogP contribution is 2.49. The summed E-state index contributed by atoms with van der Waals surface area (Å²) >= 11 is 0. The fourth-order valence-corrected chi connectivity index (χ4v) is 6.08. The van der Waals surface area contributed by atoms with Crippen molar-refractivity contribution in [2.45, 2.75) is 25.0 Å². The van der Waals surface area contributed by atoms with Gasteiger partial charge in [-0.15, -0.1) is 0 Å². The second kappa shape index (κ2) is 12.3. The summed E-state index contributed by atoms with van der Waals surface area (Å²) in [5.74, 6) is -3.06. The molecule has 0 spiro atoms. The number of benzene rings is 2. The third-order valence-electron chi connectivity index (χ3n) is 7.10. The summed E-state index contributed by atoms with van der Waals surface area (Å²) in [6.45, 7) is 0.0207. The molecule has 4 N–H and O–H groups in total. The van der Waals surface area contributed by atoms with Crippen LogP contribution in [0.25, 0.3) is 0 Å². The smallest absolute Gasteiger partial charge is 0.293 e. The van der Waals surface area contributed by atoms with Gasteiger partial charge in [-0.2, -0.15) is 4.31 Å². The first kappa shape index (κ1) is 29.4. The SMILES string of the molecule is N=CC(=C(OCC1(CCF)CC1)C(=O)Nc1cc(F)cc(F)c1)N1CCN(S(=O)(=O)Cc2ccc(N)cc2)CC1. The minimum Gasteiger partial charge on any atom is -0.486 e. The van der Waals surface area contributed by atoms with Gasteiger partial charge in [-0.25, -0.2) is 17.2 Å². The molecule has 0 radical (unpaired) electrons. The number of alkyl halides is 1. The summed E-state index contributed by atoms with van der Waals surface area (Å²) in [7, 11) is -3.64. The number of halogens is 3. The average Bonchev–Trinajstić information content (AvgIpc) is 3.67. The lowest BCUT2D eigenvalue weighted by Gasteiger charge is -2.36. The molecule has 1 aliphatic heterocycles. The molecule has 1 saturated carbocycles. The molecule has 4 rings (SSSR count). The Morgan fingerprint density at radius 1 is 1.07 bits per heavy atom. The predicted molar refractivity (Wildman–Crippen MR) is 146 cm³/mol. The predicted octanol–water partition coefficient (Wildman–Crippen LogP) is 3.65. The number of nitrogen functional groups attached to an aromatic ring is 1. The fourth-order valence-electron chi connectivity index (χ4n) is 4.56. The Bertz CT molecular complexity index is 1350. The zero-order valence-corrected chi connectivity index (χ0v) is 22.7. The van der Waals surface area contributed by atoms with E-state index in [-0.39, 0.29) is 62.1 Å². The maximum Gasteiger partial charge on any atom is 0.293 e. The maximum atomic E-state index is 13.7. The van der Waals surface area contributed by atoms with Crippen LogP contribution in [0.15, 0.2) is 53.9 Å². The van der Waals surface area contributed by atoms with E-state index in [4.69, 9.17) is 15.9 Å². The van der Waals surface area contributed by atoms with Gasteiger partial charge in [-0.3, -0.25) is 9.18 Å².